The topological polar surface area (TPSA) is 302 Å². The lowest BCUT2D eigenvalue weighted by molar-refractivity contribution is -0.00877. The zero-order chi connectivity index (χ0) is 79.7. The maximum absolute atomic E-state index is 13.3. The summed E-state index contributed by atoms with van der Waals surface area (Å²) in [4.78, 5) is 67.9. The molecule has 0 spiro atoms. The van der Waals surface area contributed by atoms with Gasteiger partial charge in [-0.3, -0.25) is 30.1 Å². The van der Waals surface area contributed by atoms with E-state index in [9.17, 15) is 4.39 Å². The summed E-state index contributed by atoms with van der Waals surface area (Å²) < 4.78 is 22.7. The SMILES string of the molecule is Cc1cc(Cc2cc(C)[nH]n2)nc(-c2ccc(N3CC4CC(C3)N4Cc3ccc(-n4cc(Cl)c(C)n4)nc3)nc2)n1.Cc1cc(Cc2cc(C)[nH]n2)nc(-c2ccc(N3CC4CC(C3)N4Cc3ccc(-n4ncc(Cl)c4C)nc3)nc2)n1.Cc1cc(Cc2cc(C)[nH]n2)nc(-c2ccc(N3CCC(Oc4cncc(F)c4)CC3)nc2)n1. The molecule has 31 heteroatoms. The number of piperazine rings is 2. The molecule has 116 heavy (non-hydrogen) atoms. The molecule has 4 unspecified atom stereocenters. The fourth-order valence-corrected chi connectivity index (χ4v) is 16.2. The lowest BCUT2D eigenvalue weighted by Gasteiger charge is -2.56. The molecule has 0 aromatic carbocycles. The molecule has 0 radical (unpaired) electrons. The Kier molecular flexibility index (Phi) is 22.0. The summed E-state index contributed by atoms with van der Waals surface area (Å²) in [6.07, 6.45) is 21.8. The van der Waals surface area contributed by atoms with Crippen LogP contribution in [0.3, 0.4) is 0 Å². The number of fused-ring (bicyclic) bond motifs is 4. The summed E-state index contributed by atoms with van der Waals surface area (Å²) in [6.45, 7) is 23.1. The molecule has 0 saturated carbocycles. The van der Waals surface area contributed by atoms with E-state index in [0.29, 0.717) is 76.7 Å². The Hall–Kier alpha value is -12.2. The van der Waals surface area contributed by atoms with Gasteiger partial charge in [-0.1, -0.05) is 35.3 Å². The Balaban J connectivity index is 0.000000126. The van der Waals surface area contributed by atoms with Gasteiger partial charge in [-0.15, -0.1) is 0 Å². The normalized spacial score (nSPS) is 17.3. The van der Waals surface area contributed by atoms with Gasteiger partial charge in [0.15, 0.2) is 29.1 Å². The molecule has 0 amide bonds. The molecule has 590 valence electrons. The summed E-state index contributed by atoms with van der Waals surface area (Å²) in [5, 5.41) is 32.0. The monoisotopic (exact) mass is 1590 g/mol. The predicted octanol–water partition coefficient (Wildman–Crippen LogP) is 13.0. The van der Waals surface area contributed by atoms with Crippen molar-refractivity contribution < 1.29 is 9.13 Å². The molecule has 7 saturated heterocycles. The van der Waals surface area contributed by atoms with Crippen LogP contribution in [0.1, 0.15) is 117 Å². The van der Waals surface area contributed by atoms with E-state index >= 15 is 0 Å². The summed E-state index contributed by atoms with van der Waals surface area (Å²) in [7, 11) is 0. The number of aromatic amines is 3. The predicted molar refractivity (Wildman–Crippen MR) is 441 cm³/mol. The lowest BCUT2D eigenvalue weighted by atomic mass is 9.87. The average molecular weight is 1590 g/mol. The second kappa shape index (κ2) is 33.3. The highest BCUT2D eigenvalue weighted by Crippen LogP contribution is 2.38. The molecule has 21 heterocycles. The number of ether oxygens (including phenoxy) is 1. The van der Waals surface area contributed by atoms with Gasteiger partial charge < -0.3 is 19.4 Å². The summed E-state index contributed by atoms with van der Waals surface area (Å²) in [6, 6.07) is 36.2. The third-order valence-electron chi connectivity index (χ3n) is 21.8. The first-order valence-corrected chi connectivity index (χ1v) is 39.9. The first-order chi connectivity index (χ1) is 56.3. The summed E-state index contributed by atoms with van der Waals surface area (Å²) in [5.41, 5.74) is 18.4. The van der Waals surface area contributed by atoms with E-state index in [2.05, 4.69) is 137 Å². The van der Waals surface area contributed by atoms with Gasteiger partial charge in [0.25, 0.3) is 0 Å². The number of hydrogen-bond donors (Lipinski definition) is 3. The number of anilines is 3. The highest BCUT2D eigenvalue weighted by Gasteiger charge is 2.46. The molecule has 7 fully saturated rings. The maximum atomic E-state index is 13.3. The van der Waals surface area contributed by atoms with Gasteiger partial charge in [0.2, 0.25) is 0 Å². The fraction of sp³-hybridized carbons (Fsp3) is 0.329. The van der Waals surface area contributed by atoms with Crippen molar-refractivity contribution in [2.24, 2.45) is 0 Å². The van der Waals surface area contributed by atoms with Crippen molar-refractivity contribution in [2.75, 3.05) is 54.0 Å². The summed E-state index contributed by atoms with van der Waals surface area (Å²) in [5.74, 6) is 6.61. The number of piperidine rings is 3. The van der Waals surface area contributed by atoms with Crippen LogP contribution in [0.2, 0.25) is 10.0 Å². The molecule has 7 aliphatic rings. The molecule has 21 rings (SSSR count). The number of aryl methyl sites for hydroxylation is 7. The van der Waals surface area contributed by atoms with Crippen LogP contribution in [0.15, 0.2) is 159 Å². The largest absolute Gasteiger partial charge is 0.489 e. The Morgan fingerprint density at radius 3 is 1.24 bits per heavy atom. The number of nitrogens with one attached hydrogen (secondary N) is 3. The molecular weight excluding hydrogens is 1510 g/mol. The molecular formula is C85H88Cl2FN27O. The number of aromatic nitrogens is 22. The zero-order valence-corrected chi connectivity index (χ0v) is 67.3. The van der Waals surface area contributed by atoms with Crippen LogP contribution in [-0.4, -0.2) is 189 Å². The van der Waals surface area contributed by atoms with Crippen molar-refractivity contribution in [2.45, 2.75) is 144 Å². The van der Waals surface area contributed by atoms with Crippen molar-refractivity contribution in [1.82, 2.24) is 120 Å². The first-order valence-electron chi connectivity index (χ1n) is 39.1. The minimum atomic E-state index is -0.389. The third kappa shape index (κ3) is 17.7. The Bertz CT molecular complexity index is 5720. The lowest BCUT2D eigenvalue weighted by Crippen LogP contribution is -2.68. The number of nitrogens with zero attached hydrogens (tertiary/aromatic N) is 24. The van der Waals surface area contributed by atoms with Gasteiger partial charge >= 0.3 is 0 Å². The molecule has 4 bridgehead atoms. The quantitative estimate of drug-likeness (QED) is 0.0638. The van der Waals surface area contributed by atoms with E-state index in [4.69, 9.17) is 52.9 Å². The smallest absolute Gasteiger partial charge is 0.161 e. The highest BCUT2D eigenvalue weighted by molar-refractivity contribution is 6.31. The zero-order valence-electron chi connectivity index (χ0n) is 65.8. The van der Waals surface area contributed by atoms with Crippen LogP contribution >= 0.6 is 23.2 Å². The van der Waals surface area contributed by atoms with Gasteiger partial charge in [0, 0.05) is 197 Å². The second-order valence-electron chi connectivity index (χ2n) is 30.8. The Morgan fingerprint density at radius 2 is 0.871 bits per heavy atom. The number of halogens is 3. The van der Waals surface area contributed by atoms with E-state index < -0.39 is 0 Å². The molecule has 4 atom stereocenters. The van der Waals surface area contributed by atoms with Crippen molar-refractivity contribution in [3.05, 3.63) is 266 Å². The van der Waals surface area contributed by atoms with E-state index in [1.54, 1.807) is 28.0 Å². The highest BCUT2D eigenvalue weighted by atomic mass is 35.5. The minimum absolute atomic E-state index is 0.0385. The van der Waals surface area contributed by atoms with E-state index in [-0.39, 0.29) is 11.9 Å². The van der Waals surface area contributed by atoms with Crippen LogP contribution in [-0.2, 0) is 32.4 Å². The molecule has 14 aromatic rings. The second-order valence-corrected chi connectivity index (χ2v) is 31.6. The number of rotatable bonds is 20. The molecule has 28 nitrogen and oxygen atoms in total. The van der Waals surface area contributed by atoms with Crippen LogP contribution < -0.4 is 19.4 Å². The van der Waals surface area contributed by atoms with Crippen molar-refractivity contribution in [3.8, 4) is 51.5 Å². The van der Waals surface area contributed by atoms with Crippen molar-refractivity contribution >= 4 is 40.7 Å². The molecule has 7 aliphatic heterocycles. The van der Waals surface area contributed by atoms with Crippen LogP contribution in [0.25, 0.3) is 45.8 Å². The van der Waals surface area contributed by atoms with Crippen LogP contribution in [0, 0.1) is 61.2 Å². The molecule has 0 aliphatic carbocycles. The number of H-pyrrole nitrogens is 3. The maximum Gasteiger partial charge on any atom is 0.161 e. The van der Waals surface area contributed by atoms with Crippen molar-refractivity contribution in [1.29, 1.82) is 0 Å². The van der Waals surface area contributed by atoms with E-state index in [1.165, 1.54) is 36.2 Å². The van der Waals surface area contributed by atoms with E-state index in [0.717, 1.165) is 191 Å². The number of hydrogen-bond acceptors (Lipinski definition) is 23. The van der Waals surface area contributed by atoms with Crippen molar-refractivity contribution in [3.63, 3.8) is 0 Å². The van der Waals surface area contributed by atoms with Crippen LogP contribution in [0.4, 0.5) is 21.8 Å². The molecule has 14 aromatic heterocycles. The molecule has 3 N–H and O–H groups in total. The van der Waals surface area contributed by atoms with Gasteiger partial charge in [0.1, 0.15) is 35.1 Å². The van der Waals surface area contributed by atoms with Gasteiger partial charge in [0.05, 0.1) is 80.4 Å². The van der Waals surface area contributed by atoms with Crippen LogP contribution in [0.5, 0.6) is 5.75 Å². The Labute approximate surface area is 680 Å². The number of pyridine rings is 6. The fourth-order valence-electron chi connectivity index (χ4n) is 15.9. The van der Waals surface area contributed by atoms with Gasteiger partial charge in [-0.25, -0.2) is 68.6 Å². The first kappa shape index (κ1) is 76.5. The summed E-state index contributed by atoms with van der Waals surface area (Å²) >= 11 is 12.3. The average Bonchev–Trinajstić information content (AvgIpc) is 1.14. The minimum Gasteiger partial charge on any atom is -0.489 e. The third-order valence-corrected chi connectivity index (χ3v) is 22.5. The van der Waals surface area contributed by atoms with E-state index in [1.807, 2.05) is 147 Å². The van der Waals surface area contributed by atoms with Gasteiger partial charge in [-0.05, 0) is 164 Å². The van der Waals surface area contributed by atoms with Gasteiger partial charge in [-0.2, -0.15) is 25.5 Å². The Morgan fingerprint density at radius 1 is 0.440 bits per heavy atom. The standard InChI is InChI=1S/2C30H31ClN10.C25H26FN7O/c1-18-8-23(10-24-9-19(2)37-38-24)36-30(35-18)22-5-7-28(33-13-22)39-16-25-11-26(17-39)40(25)15-21-4-6-29(32-12-21)41-20(3)27(31)14-34-41;1-18-8-23(10-24-9-19(2)36-37-24)35-30(34-18)22-5-7-28(33-13-22)39-15-25-11-26(16-39)40(25)14-21-4-6-29(32-12-21)41-17-27(31)20(3)38-41;1-16-9-20(12-21-10-17(2)31-32-21)30-25(29-16)18-3-4-24(28-13-18)33-7-5-22(6-8-33)34-23-11-19(26)14-27-15-23/h4-9,12-14,25-26H,10-11,15-17H2,1-3H3,(H,37,38);4-9,12-13,17,25-26H,10-11,14-16H2,1-3H3,(H,36,37);3-4,9-11,13-15,22H,5-8,12H2,1-2H3,(H,31,32).